The van der Waals surface area contributed by atoms with Crippen molar-refractivity contribution in [2.75, 3.05) is 0 Å². The molecule has 23 heavy (non-hydrogen) atoms. The average Bonchev–Trinajstić information content (AvgIpc) is 2.52. The van der Waals surface area contributed by atoms with Crippen molar-refractivity contribution < 1.29 is 8.78 Å². The number of rotatable bonds is 2. The first-order chi connectivity index (χ1) is 11.0. The number of fused-ring (bicyclic) bond motifs is 1. The third-order valence-electron chi connectivity index (χ3n) is 3.40. The largest absolute Gasteiger partial charge is 0.305 e. The number of hydrogen-bond acceptors (Lipinski definition) is 2. The zero-order chi connectivity index (χ0) is 16.6. The minimum Gasteiger partial charge on any atom is -0.305 e. The van der Waals surface area contributed by atoms with Gasteiger partial charge in [-0.2, -0.15) is 0 Å². The highest BCUT2D eigenvalue weighted by atomic mass is 35.5. The highest BCUT2D eigenvalue weighted by Crippen LogP contribution is 2.21. The fourth-order valence-corrected chi connectivity index (χ4v) is 2.45. The van der Waals surface area contributed by atoms with Gasteiger partial charge in [0, 0.05) is 0 Å². The van der Waals surface area contributed by atoms with E-state index in [1.165, 1.54) is 12.1 Å². The average molecular weight is 333 g/mol. The number of aromatic amines is 1. The van der Waals surface area contributed by atoms with Crippen molar-refractivity contribution >= 4 is 33.6 Å². The molecule has 0 aliphatic carbocycles. The maximum Gasteiger partial charge on any atom is 0.259 e. The monoisotopic (exact) mass is 332 g/mol. The molecule has 0 aliphatic rings. The molecule has 0 saturated carbocycles. The number of hydrogen-bond donors (Lipinski definition) is 1. The standard InChI is InChI=1S/C17H11ClF2N2O/c1-9-3-2-4-11-15(9)21-16(22-17(11)23)12(18)7-10-5-6-13(19)14(20)8-10/h2-8H,1H3,(H,21,22,23)/b12-7-. The van der Waals surface area contributed by atoms with Gasteiger partial charge in [-0.15, -0.1) is 0 Å². The number of nitrogens with one attached hydrogen (secondary N) is 1. The van der Waals surface area contributed by atoms with E-state index in [1.54, 1.807) is 12.1 Å². The van der Waals surface area contributed by atoms with Crippen LogP contribution >= 0.6 is 11.6 Å². The molecule has 1 heterocycles. The van der Waals surface area contributed by atoms with E-state index in [1.807, 2.05) is 13.0 Å². The Bertz CT molecular complexity index is 996. The van der Waals surface area contributed by atoms with Crippen molar-refractivity contribution in [3.8, 4) is 0 Å². The van der Waals surface area contributed by atoms with Gasteiger partial charge in [0.25, 0.3) is 5.56 Å². The van der Waals surface area contributed by atoms with Crippen LogP contribution in [-0.4, -0.2) is 9.97 Å². The van der Waals surface area contributed by atoms with Crippen LogP contribution in [0.3, 0.4) is 0 Å². The number of aromatic nitrogens is 2. The van der Waals surface area contributed by atoms with E-state index >= 15 is 0 Å². The number of nitrogens with zero attached hydrogens (tertiary/aromatic N) is 1. The molecule has 3 rings (SSSR count). The summed E-state index contributed by atoms with van der Waals surface area (Å²) in [5, 5.41) is 0.587. The van der Waals surface area contributed by atoms with Crippen LogP contribution in [0, 0.1) is 18.6 Å². The lowest BCUT2D eigenvalue weighted by Crippen LogP contribution is -2.11. The van der Waals surface area contributed by atoms with Gasteiger partial charge in [0.2, 0.25) is 0 Å². The summed E-state index contributed by atoms with van der Waals surface area (Å²) >= 11 is 6.17. The van der Waals surface area contributed by atoms with E-state index in [4.69, 9.17) is 11.6 Å². The fraction of sp³-hybridized carbons (Fsp3) is 0.0588. The number of H-pyrrole nitrogens is 1. The van der Waals surface area contributed by atoms with Crippen molar-refractivity contribution in [1.82, 2.24) is 9.97 Å². The molecule has 0 aliphatic heterocycles. The van der Waals surface area contributed by atoms with Gasteiger partial charge in [-0.3, -0.25) is 4.79 Å². The van der Waals surface area contributed by atoms with Crippen molar-refractivity contribution in [1.29, 1.82) is 0 Å². The summed E-state index contributed by atoms with van der Waals surface area (Å²) in [4.78, 5) is 19.1. The molecule has 6 heteroatoms. The quantitative estimate of drug-likeness (QED) is 0.762. The van der Waals surface area contributed by atoms with Crippen molar-refractivity contribution in [2.24, 2.45) is 0 Å². The molecule has 116 valence electrons. The predicted molar refractivity (Wildman–Crippen MR) is 87.2 cm³/mol. The summed E-state index contributed by atoms with van der Waals surface area (Å²) in [5.41, 5.74) is 1.43. The summed E-state index contributed by atoms with van der Waals surface area (Å²) in [6.45, 7) is 1.84. The molecule has 0 bridgehead atoms. The predicted octanol–water partition coefficient (Wildman–Crippen LogP) is 4.25. The molecule has 0 unspecified atom stereocenters. The molecule has 3 nitrogen and oxygen atoms in total. The van der Waals surface area contributed by atoms with Crippen LogP contribution in [0.25, 0.3) is 22.0 Å². The lowest BCUT2D eigenvalue weighted by Gasteiger charge is -2.04. The highest BCUT2D eigenvalue weighted by molar-refractivity contribution is 6.50. The summed E-state index contributed by atoms with van der Waals surface area (Å²) in [6, 6.07) is 8.68. The molecular weight excluding hydrogens is 322 g/mol. The summed E-state index contributed by atoms with van der Waals surface area (Å²) in [7, 11) is 0. The van der Waals surface area contributed by atoms with E-state index in [0.717, 1.165) is 17.7 Å². The van der Waals surface area contributed by atoms with E-state index in [9.17, 15) is 13.6 Å². The van der Waals surface area contributed by atoms with Crippen molar-refractivity contribution in [2.45, 2.75) is 6.92 Å². The van der Waals surface area contributed by atoms with Gasteiger partial charge in [0.05, 0.1) is 15.9 Å². The molecule has 0 spiro atoms. The molecular formula is C17H11ClF2N2O. The molecule has 0 atom stereocenters. The Balaban J connectivity index is 2.12. The van der Waals surface area contributed by atoms with E-state index < -0.39 is 11.6 Å². The maximum atomic E-state index is 13.2. The Labute approximate surface area is 135 Å². The minimum atomic E-state index is -0.973. The maximum absolute atomic E-state index is 13.2. The second-order valence-corrected chi connectivity index (χ2v) is 5.46. The Morgan fingerprint density at radius 3 is 2.74 bits per heavy atom. The minimum absolute atomic E-state index is 0.123. The lowest BCUT2D eigenvalue weighted by atomic mass is 10.1. The van der Waals surface area contributed by atoms with Crippen LogP contribution in [0.5, 0.6) is 0 Å². The number of para-hydroxylation sites is 1. The first kappa shape index (κ1) is 15.4. The first-order valence-electron chi connectivity index (χ1n) is 6.78. The van der Waals surface area contributed by atoms with Crippen molar-refractivity contribution in [3.63, 3.8) is 0 Å². The smallest absolute Gasteiger partial charge is 0.259 e. The summed E-state index contributed by atoms with van der Waals surface area (Å²) in [5.74, 6) is -1.74. The van der Waals surface area contributed by atoms with Crippen LogP contribution in [0.1, 0.15) is 17.0 Å². The summed E-state index contributed by atoms with van der Waals surface area (Å²) < 4.78 is 26.2. The molecule has 0 fully saturated rings. The van der Waals surface area contributed by atoms with Gasteiger partial charge in [-0.1, -0.05) is 29.8 Å². The van der Waals surface area contributed by atoms with Gasteiger partial charge in [0.15, 0.2) is 17.5 Å². The first-order valence-corrected chi connectivity index (χ1v) is 7.16. The Morgan fingerprint density at radius 1 is 1.22 bits per heavy atom. The lowest BCUT2D eigenvalue weighted by molar-refractivity contribution is 0.508. The number of benzene rings is 2. The normalized spacial score (nSPS) is 11.9. The fourth-order valence-electron chi connectivity index (χ4n) is 2.24. The van der Waals surface area contributed by atoms with Crippen LogP contribution < -0.4 is 5.56 Å². The molecule has 3 aromatic rings. The van der Waals surface area contributed by atoms with Gasteiger partial charge in [0.1, 0.15) is 0 Å². The van der Waals surface area contributed by atoms with Gasteiger partial charge in [-0.25, -0.2) is 13.8 Å². The molecule has 1 N–H and O–H groups in total. The third kappa shape index (κ3) is 3.00. The number of aryl methyl sites for hydroxylation is 1. The molecule has 0 radical (unpaired) electrons. The molecule has 0 amide bonds. The Morgan fingerprint density at radius 2 is 2.00 bits per heavy atom. The summed E-state index contributed by atoms with van der Waals surface area (Å²) in [6.07, 6.45) is 1.41. The van der Waals surface area contributed by atoms with Crippen molar-refractivity contribution in [3.05, 3.63) is 75.3 Å². The molecule has 0 saturated heterocycles. The second-order valence-electron chi connectivity index (χ2n) is 5.05. The van der Waals surface area contributed by atoms with E-state index in [-0.39, 0.29) is 16.4 Å². The second kappa shape index (κ2) is 5.93. The Kier molecular flexibility index (Phi) is 3.96. The zero-order valence-electron chi connectivity index (χ0n) is 12.0. The number of halogens is 3. The van der Waals surface area contributed by atoms with E-state index in [0.29, 0.717) is 16.5 Å². The zero-order valence-corrected chi connectivity index (χ0v) is 12.8. The topological polar surface area (TPSA) is 45.8 Å². The molecule has 2 aromatic carbocycles. The van der Waals surface area contributed by atoms with Crippen LogP contribution in [-0.2, 0) is 0 Å². The van der Waals surface area contributed by atoms with Crippen LogP contribution in [0.2, 0.25) is 0 Å². The SMILES string of the molecule is Cc1cccc2c(=O)[nH]c(/C(Cl)=C/c3ccc(F)c(F)c3)nc12. The highest BCUT2D eigenvalue weighted by Gasteiger charge is 2.09. The van der Waals surface area contributed by atoms with E-state index in [2.05, 4.69) is 9.97 Å². The third-order valence-corrected chi connectivity index (χ3v) is 3.69. The molecule has 1 aromatic heterocycles. The van der Waals surface area contributed by atoms with Gasteiger partial charge < -0.3 is 4.98 Å². The van der Waals surface area contributed by atoms with Gasteiger partial charge >= 0.3 is 0 Å². The van der Waals surface area contributed by atoms with Crippen LogP contribution in [0.15, 0.2) is 41.2 Å². The Hall–Kier alpha value is -2.53. The van der Waals surface area contributed by atoms with Gasteiger partial charge in [-0.05, 0) is 42.3 Å². The van der Waals surface area contributed by atoms with Crippen LogP contribution in [0.4, 0.5) is 8.78 Å².